The molecule has 2 nitrogen and oxygen atoms in total. The molecule has 0 atom stereocenters. The first kappa shape index (κ1) is 17.2. The van der Waals surface area contributed by atoms with Crippen LogP contribution in [0.5, 0.6) is 0 Å². The third-order valence-electron chi connectivity index (χ3n) is 3.23. The molecule has 0 aliphatic rings. The largest absolute Gasteiger partial charge is 0.322 e. The summed E-state index contributed by atoms with van der Waals surface area (Å²) in [7, 11) is 0.202. The molecule has 0 aromatic rings. The smallest absolute Gasteiger partial charge is 0.101 e. The van der Waals surface area contributed by atoms with E-state index in [1.54, 1.807) is 0 Å². The first-order valence-corrected chi connectivity index (χ1v) is 9.59. The van der Waals surface area contributed by atoms with Crippen LogP contribution in [0, 0.1) is 0 Å². The summed E-state index contributed by atoms with van der Waals surface area (Å²) in [5, 5.41) is 0. The Morgan fingerprint density at radius 1 is 0.882 bits per heavy atom. The summed E-state index contributed by atoms with van der Waals surface area (Å²) in [5.74, 6) is 0. The Labute approximate surface area is 109 Å². The van der Waals surface area contributed by atoms with Gasteiger partial charge in [0.05, 0.1) is 6.29 Å². The molecule has 0 N–H and O–H groups in total. The summed E-state index contributed by atoms with van der Waals surface area (Å²) in [4.78, 5) is 2.29. The summed E-state index contributed by atoms with van der Waals surface area (Å²) < 4.78 is 12.9. The summed E-state index contributed by atoms with van der Waals surface area (Å²) in [6, 6.07) is 0. The van der Waals surface area contributed by atoms with E-state index in [1.165, 1.54) is 12.8 Å². The standard InChI is InChI=1S/C14H32NOP/c1-5-8-11-15(4)14-17(16,12-9-6-2)13-10-7-3/h5-14H2,1-4H3. The maximum atomic E-state index is 12.9. The highest BCUT2D eigenvalue weighted by Crippen LogP contribution is 2.47. The Bertz CT molecular complexity index is 206. The molecule has 0 aromatic carbocycles. The molecule has 0 spiro atoms. The first-order chi connectivity index (χ1) is 8.08. The fourth-order valence-corrected chi connectivity index (χ4v) is 5.40. The molecule has 17 heavy (non-hydrogen) atoms. The Morgan fingerprint density at radius 2 is 1.35 bits per heavy atom. The molecular weight excluding hydrogens is 229 g/mol. The molecule has 0 amide bonds. The Balaban J connectivity index is 4.20. The van der Waals surface area contributed by atoms with E-state index in [0.717, 1.165) is 50.8 Å². The lowest BCUT2D eigenvalue weighted by atomic mass is 10.3. The van der Waals surface area contributed by atoms with Gasteiger partial charge in [-0.15, -0.1) is 0 Å². The van der Waals surface area contributed by atoms with Crippen molar-refractivity contribution >= 4 is 7.14 Å². The van der Waals surface area contributed by atoms with Crippen LogP contribution in [0.25, 0.3) is 0 Å². The highest BCUT2D eigenvalue weighted by atomic mass is 31.2. The fourth-order valence-electron chi connectivity index (χ4n) is 2.08. The zero-order valence-corrected chi connectivity index (χ0v) is 13.3. The summed E-state index contributed by atoms with van der Waals surface area (Å²) in [6.45, 7) is 7.68. The van der Waals surface area contributed by atoms with Crippen LogP contribution in [0.4, 0.5) is 0 Å². The Kier molecular flexibility index (Phi) is 10.3. The van der Waals surface area contributed by atoms with Gasteiger partial charge in [-0.2, -0.15) is 0 Å². The van der Waals surface area contributed by atoms with Crippen molar-refractivity contribution in [2.45, 2.75) is 59.3 Å². The van der Waals surface area contributed by atoms with Gasteiger partial charge in [-0.05, 0) is 32.9 Å². The van der Waals surface area contributed by atoms with Crippen molar-refractivity contribution in [3.63, 3.8) is 0 Å². The molecule has 0 radical (unpaired) electrons. The maximum absolute atomic E-state index is 12.9. The predicted octanol–water partition coefficient (Wildman–Crippen LogP) is 4.64. The van der Waals surface area contributed by atoms with Crippen LogP contribution < -0.4 is 0 Å². The molecule has 0 aromatic heterocycles. The normalized spacial score (nSPS) is 12.3. The van der Waals surface area contributed by atoms with Gasteiger partial charge >= 0.3 is 0 Å². The Hall–Kier alpha value is 0.190. The van der Waals surface area contributed by atoms with Gasteiger partial charge in [0.25, 0.3) is 0 Å². The quantitative estimate of drug-likeness (QED) is 0.505. The van der Waals surface area contributed by atoms with Crippen molar-refractivity contribution in [2.24, 2.45) is 0 Å². The third-order valence-corrected chi connectivity index (χ3v) is 6.49. The maximum Gasteiger partial charge on any atom is 0.101 e. The molecule has 0 aliphatic heterocycles. The summed E-state index contributed by atoms with van der Waals surface area (Å²) in [6.07, 6.45) is 9.78. The molecule has 0 fully saturated rings. The van der Waals surface area contributed by atoms with Gasteiger partial charge in [0.2, 0.25) is 0 Å². The molecule has 3 heteroatoms. The van der Waals surface area contributed by atoms with Crippen LogP contribution in [0.3, 0.4) is 0 Å². The number of hydrogen-bond acceptors (Lipinski definition) is 2. The fraction of sp³-hybridized carbons (Fsp3) is 1.00. The average molecular weight is 261 g/mol. The average Bonchev–Trinajstić information content (AvgIpc) is 2.31. The second kappa shape index (κ2) is 10.1. The van der Waals surface area contributed by atoms with Crippen LogP contribution >= 0.6 is 7.14 Å². The zero-order valence-electron chi connectivity index (χ0n) is 12.4. The van der Waals surface area contributed by atoms with Gasteiger partial charge < -0.3 is 4.57 Å². The molecule has 0 unspecified atom stereocenters. The van der Waals surface area contributed by atoms with Gasteiger partial charge in [-0.3, -0.25) is 4.90 Å². The van der Waals surface area contributed by atoms with Crippen molar-refractivity contribution in [3.8, 4) is 0 Å². The number of unbranched alkanes of at least 4 members (excludes halogenated alkanes) is 3. The number of hydrogen-bond donors (Lipinski definition) is 0. The van der Waals surface area contributed by atoms with Crippen LogP contribution in [0.2, 0.25) is 0 Å². The minimum atomic E-state index is -1.92. The molecule has 0 heterocycles. The molecule has 0 rings (SSSR count). The predicted molar refractivity (Wildman–Crippen MR) is 79.6 cm³/mol. The second-order valence-electron chi connectivity index (χ2n) is 5.29. The van der Waals surface area contributed by atoms with Crippen molar-refractivity contribution in [3.05, 3.63) is 0 Å². The van der Waals surface area contributed by atoms with E-state index >= 15 is 0 Å². The summed E-state index contributed by atoms with van der Waals surface area (Å²) in [5.41, 5.74) is 0. The van der Waals surface area contributed by atoms with Crippen LogP contribution in [-0.2, 0) is 4.57 Å². The van der Waals surface area contributed by atoms with E-state index in [9.17, 15) is 4.57 Å². The molecular formula is C14H32NOP. The van der Waals surface area contributed by atoms with E-state index in [2.05, 4.69) is 32.7 Å². The highest BCUT2D eigenvalue weighted by Gasteiger charge is 2.22. The molecule has 0 saturated carbocycles. The number of nitrogens with zero attached hydrogens (tertiary/aromatic N) is 1. The minimum Gasteiger partial charge on any atom is -0.322 e. The zero-order chi connectivity index (χ0) is 13.1. The van der Waals surface area contributed by atoms with E-state index in [4.69, 9.17) is 0 Å². The molecule has 0 saturated heterocycles. The molecule has 104 valence electrons. The van der Waals surface area contributed by atoms with Crippen LogP contribution in [0.15, 0.2) is 0 Å². The third kappa shape index (κ3) is 8.85. The highest BCUT2D eigenvalue weighted by molar-refractivity contribution is 7.63. The van der Waals surface area contributed by atoms with Crippen LogP contribution in [-0.4, -0.2) is 37.1 Å². The lowest BCUT2D eigenvalue weighted by Crippen LogP contribution is -2.22. The summed E-state index contributed by atoms with van der Waals surface area (Å²) >= 11 is 0. The molecule has 0 aliphatic carbocycles. The van der Waals surface area contributed by atoms with E-state index in [1.807, 2.05) is 0 Å². The first-order valence-electron chi connectivity index (χ1n) is 7.33. The van der Waals surface area contributed by atoms with Crippen molar-refractivity contribution in [1.29, 1.82) is 0 Å². The van der Waals surface area contributed by atoms with Gasteiger partial charge in [0, 0.05) is 12.3 Å². The monoisotopic (exact) mass is 261 g/mol. The van der Waals surface area contributed by atoms with Crippen LogP contribution in [0.1, 0.15) is 59.3 Å². The van der Waals surface area contributed by atoms with Crippen molar-refractivity contribution < 1.29 is 4.57 Å². The van der Waals surface area contributed by atoms with Gasteiger partial charge in [0.1, 0.15) is 7.14 Å². The number of rotatable bonds is 11. The van der Waals surface area contributed by atoms with Gasteiger partial charge in [-0.1, -0.05) is 40.0 Å². The van der Waals surface area contributed by atoms with E-state index in [0.29, 0.717) is 0 Å². The Morgan fingerprint density at radius 3 is 1.76 bits per heavy atom. The minimum absolute atomic E-state index is 0.840. The van der Waals surface area contributed by atoms with E-state index in [-0.39, 0.29) is 0 Å². The SMILES string of the molecule is CCCCN(C)CP(=O)(CCCC)CCCC. The lowest BCUT2D eigenvalue weighted by molar-refractivity contribution is 0.371. The van der Waals surface area contributed by atoms with Gasteiger partial charge in [-0.25, -0.2) is 0 Å². The topological polar surface area (TPSA) is 20.3 Å². The van der Waals surface area contributed by atoms with E-state index < -0.39 is 7.14 Å². The second-order valence-corrected chi connectivity index (χ2v) is 8.58. The van der Waals surface area contributed by atoms with Gasteiger partial charge in [0.15, 0.2) is 0 Å². The molecule has 0 bridgehead atoms. The lowest BCUT2D eigenvalue weighted by Gasteiger charge is -2.24. The van der Waals surface area contributed by atoms with Crippen molar-refractivity contribution in [2.75, 3.05) is 32.2 Å². The van der Waals surface area contributed by atoms with Crippen molar-refractivity contribution in [1.82, 2.24) is 4.90 Å².